The third kappa shape index (κ3) is 3.96. The summed E-state index contributed by atoms with van der Waals surface area (Å²) in [5.41, 5.74) is 4.57. The molecule has 0 saturated carbocycles. The summed E-state index contributed by atoms with van der Waals surface area (Å²) in [6.07, 6.45) is 1.52. The van der Waals surface area contributed by atoms with Gasteiger partial charge in [-0.05, 0) is 47.9 Å². The van der Waals surface area contributed by atoms with Crippen LogP contribution in [0, 0.1) is 11.8 Å². The van der Waals surface area contributed by atoms with Gasteiger partial charge >= 0.3 is 0 Å². The molecule has 0 radical (unpaired) electrons. The van der Waals surface area contributed by atoms with Gasteiger partial charge in [-0.2, -0.15) is 0 Å². The Balaban J connectivity index is 2.02. The summed E-state index contributed by atoms with van der Waals surface area (Å²) in [5.74, 6) is 7.10. The summed E-state index contributed by atoms with van der Waals surface area (Å²) in [4.78, 5) is 10.8. The highest BCUT2D eigenvalue weighted by molar-refractivity contribution is 6.30. The highest BCUT2D eigenvalue weighted by Gasteiger charge is 2.11. The van der Waals surface area contributed by atoms with Crippen molar-refractivity contribution in [1.82, 2.24) is 9.97 Å². The van der Waals surface area contributed by atoms with Gasteiger partial charge < -0.3 is 10.2 Å². The van der Waals surface area contributed by atoms with Crippen LogP contribution in [0.25, 0.3) is 11.1 Å². The van der Waals surface area contributed by atoms with Crippen LogP contribution in [0.15, 0.2) is 54.9 Å². The topological polar surface area (TPSA) is 41.1 Å². The molecule has 2 aromatic carbocycles. The standard InChI is InChI=1S/C21H19ClN4/c1-23-21-20(16-7-9-17(22)10-8-16)19(24-14-25-21)13-6-15-4-11-18(12-5-15)26(2)3/h4-5,7-12,14H,1-3H3,(H,23,24,25). The minimum atomic E-state index is 0.670. The fourth-order valence-electron chi connectivity index (χ4n) is 2.53. The molecule has 0 spiro atoms. The Morgan fingerprint density at radius 2 is 1.62 bits per heavy atom. The second-order valence-electron chi connectivity index (χ2n) is 5.89. The van der Waals surface area contributed by atoms with Crippen molar-refractivity contribution < 1.29 is 0 Å². The monoisotopic (exact) mass is 362 g/mol. The van der Waals surface area contributed by atoms with Crippen LogP contribution in [0.1, 0.15) is 11.3 Å². The highest BCUT2D eigenvalue weighted by Crippen LogP contribution is 2.29. The minimum absolute atomic E-state index is 0.670. The van der Waals surface area contributed by atoms with Crippen LogP contribution in [-0.2, 0) is 0 Å². The molecule has 4 nitrogen and oxygen atoms in total. The van der Waals surface area contributed by atoms with Crippen LogP contribution in [0.5, 0.6) is 0 Å². The molecule has 130 valence electrons. The quantitative estimate of drug-likeness (QED) is 0.705. The second kappa shape index (κ2) is 7.90. The zero-order valence-electron chi connectivity index (χ0n) is 14.9. The van der Waals surface area contributed by atoms with Gasteiger partial charge in [-0.15, -0.1) is 0 Å². The van der Waals surface area contributed by atoms with Gasteiger partial charge in [0.05, 0.1) is 5.56 Å². The molecule has 0 saturated heterocycles. The van der Waals surface area contributed by atoms with Crippen molar-refractivity contribution in [2.24, 2.45) is 0 Å². The molecule has 0 unspecified atom stereocenters. The van der Waals surface area contributed by atoms with E-state index in [1.54, 1.807) is 0 Å². The zero-order valence-corrected chi connectivity index (χ0v) is 15.7. The number of hydrogen-bond donors (Lipinski definition) is 1. The van der Waals surface area contributed by atoms with E-state index in [0.29, 0.717) is 10.7 Å². The van der Waals surface area contributed by atoms with E-state index in [1.165, 1.54) is 6.33 Å². The lowest BCUT2D eigenvalue weighted by molar-refractivity contribution is 1.13. The number of rotatable bonds is 3. The van der Waals surface area contributed by atoms with Gasteiger partial charge in [0.15, 0.2) is 0 Å². The number of nitrogens with zero attached hydrogens (tertiary/aromatic N) is 3. The minimum Gasteiger partial charge on any atom is -0.378 e. The normalized spacial score (nSPS) is 10.0. The van der Waals surface area contributed by atoms with Crippen LogP contribution in [-0.4, -0.2) is 31.1 Å². The number of aromatic nitrogens is 2. The first-order chi connectivity index (χ1) is 12.6. The molecule has 0 aliphatic heterocycles. The molecule has 26 heavy (non-hydrogen) atoms. The van der Waals surface area contributed by atoms with E-state index in [9.17, 15) is 0 Å². The molecule has 1 aromatic heterocycles. The fraction of sp³-hybridized carbons (Fsp3) is 0.143. The van der Waals surface area contributed by atoms with Crippen LogP contribution in [0.4, 0.5) is 11.5 Å². The van der Waals surface area contributed by atoms with Gasteiger partial charge in [0.2, 0.25) is 0 Å². The van der Waals surface area contributed by atoms with Gasteiger partial charge in [-0.25, -0.2) is 9.97 Å². The first-order valence-corrected chi connectivity index (χ1v) is 8.54. The molecule has 5 heteroatoms. The van der Waals surface area contributed by atoms with E-state index in [1.807, 2.05) is 69.7 Å². The molecule has 0 aliphatic rings. The maximum atomic E-state index is 6.01. The molecule has 0 aliphatic carbocycles. The molecular weight excluding hydrogens is 344 g/mol. The first kappa shape index (κ1) is 17.8. The zero-order chi connectivity index (χ0) is 18.5. The fourth-order valence-corrected chi connectivity index (χ4v) is 2.66. The van der Waals surface area contributed by atoms with Crippen molar-refractivity contribution in [3.8, 4) is 23.0 Å². The highest BCUT2D eigenvalue weighted by atomic mass is 35.5. The van der Waals surface area contributed by atoms with Crippen LogP contribution < -0.4 is 10.2 Å². The maximum Gasteiger partial charge on any atom is 0.138 e. The smallest absolute Gasteiger partial charge is 0.138 e. The predicted molar refractivity (Wildman–Crippen MR) is 109 cm³/mol. The summed E-state index contributed by atoms with van der Waals surface area (Å²) in [6, 6.07) is 15.7. The van der Waals surface area contributed by atoms with Crippen molar-refractivity contribution in [3.63, 3.8) is 0 Å². The summed E-state index contributed by atoms with van der Waals surface area (Å²) in [7, 11) is 5.86. The lowest BCUT2D eigenvalue weighted by atomic mass is 10.0. The van der Waals surface area contributed by atoms with Crippen LogP contribution in [0.2, 0.25) is 5.02 Å². The molecule has 1 heterocycles. The molecule has 1 N–H and O–H groups in total. The Morgan fingerprint density at radius 1 is 0.923 bits per heavy atom. The largest absolute Gasteiger partial charge is 0.378 e. The number of halogens is 1. The lowest BCUT2D eigenvalue weighted by Crippen LogP contribution is -2.07. The van der Waals surface area contributed by atoms with Gasteiger partial charge in [0, 0.05) is 37.4 Å². The van der Waals surface area contributed by atoms with Crippen molar-refractivity contribution in [3.05, 3.63) is 71.1 Å². The van der Waals surface area contributed by atoms with Crippen molar-refractivity contribution >= 4 is 23.1 Å². The Kier molecular flexibility index (Phi) is 5.40. The maximum absolute atomic E-state index is 6.01. The number of anilines is 2. The molecule has 0 amide bonds. The Morgan fingerprint density at radius 3 is 2.23 bits per heavy atom. The van der Waals surface area contributed by atoms with E-state index in [-0.39, 0.29) is 0 Å². The van der Waals surface area contributed by atoms with Crippen LogP contribution in [0.3, 0.4) is 0 Å². The second-order valence-corrected chi connectivity index (χ2v) is 6.33. The van der Waals surface area contributed by atoms with Crippen molar-refractivity contribution in [2.75, 3.05) is 31.4 Å². The Bertz CT molecular complexity index is 952. The van der Waals surface area contributed by atoms with Gasteiger partial charge in [-0.1, -0.05) is 29.7 Å². The first-order valence-electron chi connectivity index (χ1n) is 8.16. The van der Waals surface area contributed by atoms with Crippen molar-refractivity contribution in [2.45, 2.75) is 0 Å². The predicted octanol–water partition coefficient (Wildman–Crippen LogP) is 4.30. The number of benzene rings is 2. The third-order valence-electron chi connectivity index (χ3n) is 3.93. The van der Waals surface area contributed by atoms with Gasteiger partial charge in [0.25, 0.3) is 0 Å². The van der Waals surface area contributed by atoms with Crippen molar-refractivity contribution in [1.29, 1.82) is 0 Å². The van der Waals surface area contributed by atoms with E-state index >= 15 is 0 Å². The molecule has 3 aromatic rings. The number of nitrogens with one attached hydrogen (secondary N) is 1. The van der Waals surface area contributed by atoms with E-state index in [2.05, 4.69) is 32.0 Å². The van der Waals surface area contributed by atoms with Crippen LogP contribution >= 0.6 is 11.6 Å². The summed E-state index contributed by atoms with van der Waals surface area (Å²) >= 11 is 6.01. The van der Waals surface area contributed by atoms with E-state index < -0.39 is 0 Å². The molecule has 0 fully saturated rings. The van der Waals surface area contributed by atoms with Gasteiger partial charge in [0.1, 0.15) is 17.8 Å². The average molecular weight is 363 g/mol. The average Bonchev–Trinajstić information content (AvgIpc) is 2.67. The van der Waals surface area contributed by atoms with E-state index in [4.69, 9.17) is 11.6 Å². The SMILES string of the molecule is CNc1ncnc(C#Cc2ccc(N(C)C)cc2)c1-c1ccc(Cl)cc1. The molecule has 0 atom stereocenters. The third-order valence-corrected chi connectivity index (χ3v) is 4.18. The molecular formula is C21H19ClN4. The summed E-state index contributed by atoms with van der Waals surface area (Å²) in [5, 5.41) is 3.80. The lowest BCUT2D eigenvalue weighted by Gasteiger charge is -2.11. The number of hydrogen-bond acceptors (Lipinski definition) is 4. The Hall–Kier alpha value is -3.03. The summed E-state index contributed by atoms with van der Waals surface area (Å²) < 4.78 is 0. The molecule has 3 rings (SSSR count). The van der Waals surface area contributed by atoms with E-state index in [0.717, 1.165) is 28.2 Å². The summed E-state index contributed by atoms with van der Waals surface area (Å²) in [6.45, 7) is 0. The molecule has 0 bridgehead atoms. The van der Waals surface area contributed by atoms with Gasteiger partial charge in [-0.3, -0.25) is 0 Å². The Labute approximate surface area is 158 Å².